The Balaban J connectivity index is 1.86. The third-order valence-corrected chi connectivity index (χ3v) is 5.88. The van der Waals surface area contributed by atoms with Crippen LogP contribution < -0.4 is 0 Å². The van der Waals surface area contributed by atoms with Gasteiger partial charge >= 0.3 is 0 Å². The number of ether oxygens (including phenoxy) is 1. The van der Waals surface area contributed by atoms with E-state index >= 15 is 0 Å². The number of carbonyl (C=O) groups excluding carboxylic acids is 1. The number of aromatic nitrogens is 1. The van der Waals surface area contributed by atoms with Gasteiger partial charge in [-0.25, -0.2) is 0 Å². The van der Waals surface area contributed by atoms with Gasteiger partial charge in [0.05, 0.1) is 12.6 Å². The zero-order valence-electron chi connectivity index (χ0n) is 20.0. The maximum absolute atomic E-state index is 13.2. The quantitative estimate of drug-likeness (QED) is 0.340. The van der Waals surface area contributed by atoms with Crippen molar-refractivity contribution in [1.82, 2.24) is 9.47 Å². The van der Waals surface area contributed by atoms with Crippen LogP contribution in [0.2, 0.25) is 0 Å². The molecule has 0 saturated heterocycles. The molecule has 5 heteroatoms. The van der Waals surface area contributed by atoms with Gasteiger partial charge in [0, 0.05) is 32.1 Å². The summed E-state index contributed by atoms with van der Waals surface area (Å²) < 4.78 is 7.47. The number of hydrogen-bond donors (Lipinski definition) is 0. The van der Waals surface area contributed by atoms with Gasteiger partial charge in [-0.05, 0) is 55.2 Å². The summed E-state index contributed by atoms with van der Waals surface area (Å²) in [6, 6.07) is 22.4. The van der Waals surface area contributed by atoms with Crippen LogP contribution in [-0.2, 0) is 16.1 Å². The highest BCUT2D eigenvalue weighted by molar-refractivity contribution is 6.01. The predicted octanol–water partition coefficient (Wildman–Crippen LogP) is 5.54. The van der Waals surface area contributed by atoms with Crippen LogP contribution in [0, 0.1) is 25.2 Å². The second kappa shape index (κ2) is 10.8. The van der Waals surface area contributed by atoms with E-state index in [1.54, 1.807) is 25.1 Å². The highest BCUT2D eigenvalue weighted by Gasteiger charge is 2.19. The molecule has 0 aliphatic carbocycles. The minimum absolute atomic E-state index is 0.120. The van der Waals surface area contributed by atoms with Crippen molar-refractivity contribution in [3.8, 4) is 17.2 Å². The Bertz CT molecular complexity index is 1190. The standard InChI is InChI=1S/C28H31N3O2/c1-20-15-25(22(3)31(20)21(2)19-33-5)16-26(17-29)28(32)30(4)18-24-13-9-10-14-27(24)23-11-7-6-8-12-23/h6-16,21H,18-19H2,1-5H3/b26-16-. The van der Waals surface area contributed by atoms with Gasteiger partial charge in [0.1, 0.15) is 11.6 Å². The van der Waals surface area contributed by atoms with Crippen molar-refractivity contribution in [2.45, 2.75) is 33.4 Å². The fourth-order valence-corrected chi connectivity index (χ4v) is 4.33. The van der Waals surface area contributed by atoms with Crippen molar-refractivity contribution in [1.29, 1.82) is 5.26 Å². The van der Waals surface area contributed by atoms with Gasteiger partial charge in [0.25, 0.3) is 5.91 Å². The first-order valence-corrected chi connectivity index (χ1v) is 11.0. The van der Waals surface area contributed by atoms with E-state index in [-0.39, 0.29) is 17.5 Å². The zero-order valence-corrected chi connectivity index (χ0v) is 20.0. The number of rotatable bonds is 8. The summed E-state index contributed by atoms with van der Waals surface area (Å²) in [6.45, 7) is 7.12. The van der Waals surface area contributed by atoms with Crippen molar-refractivity contribution in [2.75, 3.05) is 20.8 Å². The van der Waals surface area contributed by atoms with Gasteiger partial charge in [-0.2, -0.15) is 5.26 Å². The number of methoxy groups -OCH3 is 1. The first kappa shape index (κ1) is 24.0. The Hall–Kier alpha value is -3.62. The molecule has 0 aliphatic rings. The Labute approximate surface area is 196 Å². The molecule has 5 nitrogen and oxygen atoms in total. The molecule has 0 spiro atoms. The van der Waals surface area contributed by atoms with Gasteiger partial charge in [-0.1, -0.05) is 54.6 Å². The molecule has 0 N–H and O–H groups in total. The summed E-state index contributed by atoms with van der Waals surface area (Å²) in [7, 11) is 3.42. The third kappa shape index (κ3) is 5.42. The molecule has 3 aromatic rings. The van der Waals surface area contributed by atoms with E-state index in [4.69, 9.17) is 4.74 Å². The van der Waals surface area contributed by atoms with E-state index in [2.05, 4.69) is 35.8 Å². The van der Waals surface area contributed by atoms with Crippen LogP contribution in [0.5, 0.6) is 0 Å². The van der Waals surface area contributed by atoms with Crippen LogP contribution in [-0.4, -0.2) is 36.1 Å². The molecule has 0 aliphatic heterocycles. The van der Waals surface area contributed by atoms with E-state index in [1.165, 1.54) is 0 Å². The fraction of sp³-hybridized carbons (Fsp3) is 0.286. The maximum Gasteiger partial charge on any atom is 0.264 e. The molecule has 1 atom stereocenters. The second-order valence-electron chi connectivity index (χ2n) is 8.36. The molecule has 1 aromatic heterocycles. The van der Waals surface area contributed by atoms with Gasteiger partial charge in [-0.3, -0.25) is 4.79 Å². The van der Waals surface area contributed by atoms with Crippen LogP contribution in [0.3, 0.4) is 0 Å². The molecule has 170 valence electrons. The number of benzene rings is 2. The average molecular weight is 442 g/mol. The largest absolute Gasteiger partial charge is 0.383 e. The van der Waals surface area contributed by atoms with Gasteiger partial charge in [-0.15, -0.1) is 0 Å². The molecule has 0 fully saturated rings. The third-order valence-electron chi connectivity index (χ3n) is 5.88. The molecule has 33 heavy (non-hydrogen) atoms. The minimum atomic E-state index is -0.296. The molecular formula is C28H31N3O2. The van der Waals surface area contributed by atoms with Crippen molar-refractivity contribution < 1.29 is 9.53 Å². The highest BCUT2D eigenvalue weighted by atomic mass is 16.5. The summed E-state index contributed by atoms with van der Waals surface area (Å²) >= 11 is 0. The van der Waals surface area contributed by atoms with Crippen molar-refractivity contribution in [2.24, 2.45) is 0 Å². The molecule has 0 radical (unpaired) electrons. The summed E-state index contributed by atoms with van der Waals surface area (Å²) in [5.41, 5.74) is 6.28. The number of amides is 1. The Morgan fingerprint density at radius 1 is 1.15 bits per heavy atom. The zero-order chi connectivity index (χ0) is 24.0. The smallest absolute Gasteiger partial charge is 0.264 e. The molecular weight excluding hydrogens is 410 g/mol. The van der Waals surface area contributed by atoms with E-state index in [0.29, 0.717) is 13.2 Å². The van der Waals surface area contributed by atoms with Crippen LogP contribution in [0.4, 0.5) is 0 Å². The molecule has 3 rings (SSSR count). The highest BCUT2D eigenvalue weighted by Crippen LogP contribution is 2.26. The van der Waals surface area contributed by atoms with Gasteiger partial charge < -0.3 is 14.2 Å². The van der Waals surface area contributed by atoms with E-state index in [9.17, 15) is 10.1 Å². The summed E-state index contributed by atoms with van der Waals surface area (Å²) in [4.78, 5) is 14.8. The van der Waals surface area contributed by atoms with Crippen LogP contribution >= 0.6 is 0 Å². The Morgan fingerprint density at radius 3 is 2.48 bits per heavy atom. The number of likely N-dealkylation sites (N-methyl/N-ethyl adjacent to an activating group) is 1. The number of nitriles is 1. The average Bonchev–Trinajstić information content (AvgIpc) is 3.10. The predicted molar refractivity (Wildman–Crippen MR) is 132 cm³/mol. The van der Waals surface area contributed by atoms with E-state index < -0.39 is 0 Å². The first-order valence-electron chi connectivity index (χ1n) is 11.0. The number of nitrogens with zero attached hydrogens (tertiary/aromatic N) is 3. The first-order chi connectivity index (χ1) is 15.9. The lowest BCUT2D eigenvalue weighted by Gasteiger charge is -2.19. The summed E-state index contributed by atoms with van der Waals surface area (Å²) in [6.07, 6.45) is 1.69. The Kier molecular flexibility index (Phi) is 7.87. The number of carbonyl (C=O) groups is 1. The molecule has 1 unspecified atom stereocenters. The summed E-state index contributed by atoms with van der Waals surface area (Å²) in [5.74, 6) is -0.296. The molecule has 1 heterocycles. The van der Waals surface area contributed by atoms with Crippen molar-refractivity contribution >= 4 is 12.0 Å². The molecule has 1 amide bonds. The SMILES string of the molecule is COCC(C)n1c(C)cc(/C=C(/C#N)C(=O)N(C)Cc2ccccc2-c2ccccc2)c1C. The summed E-state index contributed by atoms with van der Waals surface area (Å²) in [5, 5.41) is 9.77. The van der Waals surface area contributed by atoms with E-state index in [0.717, 1.165) is 33.6 Å². The van der Waals surface area contributed by atoms with E-state index in [1.807, 2.05) is 56.3 Å². The Morgan fingerprint density at radius 2 is 1.82 bits per heavy atom. The monoisotopic (exact) mass is 441 g/mol. The lowest BCUT2D eigenvalue weighted by molar-refractivity contribution is -0.125. The van der Waals surface area contributed by atoms with Gasteiger partial charge in [0.15, 0.2) is 0 Å². The van der Waals surface area contributed by atoms with Crippen LogP contribution in [0.1, 0.15) is 35.5 Å². The van der Waals surface area contributed by atoms with Crippen LogP contribution in [0.25, 0.3) is 17.2 Å². The number of hydrogen-bond acceptors (Lipinski definition) is 3. The number of aryl methyl sites for hydroxylation is 1. The lowest BCUT2D eigenvalue weighted by Crippen LogP contribution is -2.27. The minimum Gasteiger partial charge on any atom is -0.383 e. The van der Waals surface area contributed by atoms with Crippen LogP contribution in [0.15, 0.2) is 66.2 Å². The normalized spacial score (nSPS) is 12.3. The van der Waals surface area contributed by atoms with Crippen molar-refractivity contribution in [3.05, 3.63) is 88.8 Å². The lowest BCUT2D eigenvalue weighted by atomic mass is 9.99. The fourth-order valence-electron chi connectivity index (χ4n) is 4.33. The second-order valence-corrected chi connectivity index (χ2v) is 8.36. The van der Waals surface area contributed by atoms with Crippen molar-refractivity contribution in [3.63, 3.8) is 0 Å². The molecule has 0 bridgehead atoms. The molecule has 2 aromatic carbocycles. The maximum atomic E-state index is 13.2. The molecule has 0 saturated carbocycles. The van der Waals surface area contributed by atoms with Gasteiger partial charge in [0.2, 0.25) is 0 Å². The topological polar surface area (TPSA) is 58.3 Å².